The van der Waals surface area contributed by atoms with Crippen molar-refractivity contribution in [3.63, 3.8) is 0 Å². The van der Waals surface area contributed by atoms with E-state index in [4.69, 9.17) is 13.6 Å². The zero-order chi connectivity index (χ0) is 7.72. The van der Waals surface area contributed by atoms with Crippen molar-refractivity contribution >= 4 is 19.1 Å². The summed E-state index contributed by atoms with van der Waals surface area (Å²) in [5.41, 5.74) is 5.16. The van der Waals surface area contributed by atoms with Crippen LogP contribution >= 0.6 is 0 Å². The number of nitrogens with zero attached hydrogens (tertiary/aromatic N) is 2. The molecule has 0 bridgehead atoms. The Labute approximate surface area is 59.1 Å². The second kappa shape index (κ2) is 2.17. The summed E-state index contributed by atoms with van der Waals surface area (Å²) in [5.74, 6) is 0.0862. The van der Waals surface area contributed by atoms with Gasteiger partial charge in [0.25, 0.3) is 0 Å². The lowest BCUT2D eigenvalue weighted by Crippen LogP contribution is -2.27. The summed E-state index contributed by atoms with van der Waals surface area (Å²) in [7, 11) is 6.90. The number of hydrogen-bond acceptors (Lipinski definition) is 3. The van der Waals surface area contributed by atoms with Crippen LogP contribution in [0.3, 0.4) is 0 Å². The maximum atomic E-state index is 10.7. The largest absolute Gasteiger partial charge is 0.384 e. The predicted octanol–water partition coefficient (Wildman–Crippen LogP) is -1.84. The van der Waals surface area contributed by atoms with Gasteiger partial charge in [-0.25, -0.2) is 4.79 Å². The van der Waals surface area contributed by atoms with Crippen molar-refractivity contribution in [3.05, 3.63) is 16.7 Å². The minimum Gasteiger partial charge on any atom is -0.384 e. The zero-order valence-corrected chi connectivity index (χ0v) is 5.53. The third-order valence-electron chi connectivity index (χ3n) is 1.15. The van der Waals surface area contributed by atoms with Crippen LogP contribution < -0.4 is 16.9 Å². The molecule has 0 aliphatic rings. The van der Waals surface area contributed by atoms with Crippen LogP contribution in [0.1, 0.15) is 0 Å². The summed E-state index contributed by atoms with van der Waals surface area (Å²) < 4.78 is 1.27. The average molecular weight is 135 g/mol. The van der Waals surface area contributed by atoms with E-state index in [9.17, 15) is 4.79 Å². The fourth-order valence-electron chi connectivity index (χ4n) is 0.576. The van der Waals surface area contributed by atoms with Gasteiger partial charge in [0.1, 0.15) is 13.7 Å². The van der Waals surface area contributed by atoms with Crippen LogP contribution in [0, 0.1) is 0 Å². The van der Waals surface area contributed by atoms with E-state index in [2.05, 4.69) is 4.98 Å². The van der Waals surface area contributed by atoms with Gasteiger partial charge in [-0.2, -0.15) is 4.98 Å². The van der Waals surface area contributed by atoms with Crippen LogP contribution in [0.25, 0.3) is 0 Å². The molecule has 50 valence electrons. The van der Waals surface area contributed by atoms with Crippen LogP contribution in [0.4, 0.5) is 5.82 Å². The van der Waals surface area contributed by atoms with Gasteiger partial charge in [-0.15, -0.1) is 0 Å². The Morgan fingerprint density at radius 3 is 2.90 bits per heavy atom. The maximum absolute atomic E-state index is 10.7. The van der Waals surface area contributed by atoms with E-state index in [1.54, 1.807) is 7.05 Å². The lowest BCUT2D eigenvalue weighted by molar-refractivity contribution is 0.820. The Hall–Kier alpha value is -1.26. The number of anilines is 1. The second-order valence-corrected chi connectivity index (χ2v) is 1.97. The number of aromatic nitrogens is 2. The van der Waals surface area contributed by atoms with Crippen molar-refractivity contribution in [3.8, 4) is 0 Å². The van der Waals surface area contributed by atoms with E-state index in [1.165, 1.54) is 10.8 Å². The summed E-state index contributed by atoms with van der Waals surface area (Å²) in [6, 6.07) is 0. The molecule has 2 radical (unpaired) electrons. The summed E-state index contributed by atoms with van der Waals surface area (Å²) in [6.07, 6.45) is 1.44. The highest BCUT2D eigenvalue weighted by molar-refractivity contribution is 6.34. The molecule has 1 aromatic rings. The van der Waals surface area contributed by atoms with Crippen molar-refractivity contribution < 1.29 is 0 Å². The van der Waals surface area contributed by atoms with Gasteiger partial charge in [-0.3, -0.25) is 0 Å². The Morgan fingerprint density at radius 1 is 1.80 bits per heavy atom. The molecule has 0 unspecified atom stereocenters. The maximum Gasteiger partial charge on any atom is 0.349 e. The third kappa shape index (κ3) is 1.02. The summed E-state index contributed by atoms with van der Waals surface area (Å²) in [4.78, 5) is 14.1. The SMILES string of the molecule is [B]c1cn(C)c(=O)nc1N. The van der Waals surface area contributed by atoms with Crippen LogP contribution in [-0.2, 0) is 7.05 Å². The normalized spacial score (nSPS) is 9.70. The number of nitrogens with two attached hydrogens (primary N) is 1. The van der Waals surface area contributed by atoms with E-state index in [0.717, 1.165) is 0 Å². The molecule has 0 aliphatic heterocycles. The zero-order valence-electron chi connectivity index (χ0n) is 5.53. The Balaban J connectivity index is 3.43. The summed E-state index contributed by atoms with van der Waals surface area (Å²) in [6.45, 7) is 0. The molecule has 0 fully saturated rings. The van der Waals surface area contributed by atoms with Crippen LogP contribution in [0.5, 0.6) is 0 Å². The molecule has 1 aromatic heterocycles. The Kier molecular flexibility index (Phi) is 1.49. The highest BCUT2D eigenvalue weighted by Gasteiger charge is 1.95. The fourth-order valence-corrected chi connectivity index (χ4v) is 0.576. The smallest absolute Gasteiger partial charge is 0.349 e. The molecule has 5 heteroatoms. The van der Waals surface area contributed by atoms with E-state index in [-0.39, 0.29) is 5.82 Å². The lowest BCUT2D eigenvalue weighted by atomic mass is 9.99. The average Bonchev–Trinajstić information content (AvgIpc) is 1.84. The molecular formula is C5H6BN3O. The molecule has 0 aliphatic carbocycles. The molecule has 2 N–H and O–H groups in total. The van der Waals surface area contributed by atoms with Crippen molar-refractivity contribution in [1.29, 1.82) is 0 Å². The van der Waals surface area contributed by atoms with Gasteiger partial charge in [0, 0.05) is 13.2 Å². The van der Waals surface area contributed by atoms with Crippen molar-refractivity contribution in [2.45, 2.75) is 0 Å². The molecule has 10 heavy (non-hydrogen) atoms. The topological polar surface area (TPSA) is 60.9 Å². The number of hydrogen-bond donors (Lipinski definition) is 1. The van der Waals surface area contributed by atoms with E-state index in [0.29, 0.717) is 5.46 Å². The first-order valence-electron chi connectivity index (χ1n) is 2.70. The van der Waals surface area contributed by atoms with Gasteiger partial charge >= 0.3 is 5.69 Å². The number of rotatable bonds is 0. The van der Waals surface area contributed by atoms with Gasteiger partial charge in [0.2, 0.25) is 0 Å². The summed E-state index contributed by atoms with van der Waals surface area (Å²) >= 11 is 0. The standard InChI is InChI=1S/C5H6BN3O/c1-9-2-3(6)4(7)8-5(9)10/h2H,1H3,(H2,7,8,10). The van der Waals surface area contributed by atoms with Crippen LogP contribution in [0.2, 0.25) is 0 Å². The first kappa shape index (κ1) is 6.86. The quantitative estimate of drug-likeness (QED) is 0.425. The van der Waals surface area contributed by atoms with Gasteiger partial charge in [0.05, 0.1) is 0 Å². The molecule has 0 spiro atoms. The first-order valence-corrected chi connectivity index (χ1v) is 2.70. The van der Waals surface area contributed by atoms with E-state index >= 15 is 0 Å². The fraction of sp³-hybridized carbons (Fsp3) is 0.200. The van der Waals surface area contributed by atoms with Crippen LogP contribution in [-0.4, -0.2) is 17.4 Å². The van der Waals surface area contributed by atoms with E-state index in [1.807, 2.05) is 0 Å². The molecule has 1 heterocycles. The number of nitrogen functional groups attached to an aromatic ring is 1. The molecular weight excluding hydrogens is 129 g/mol. The highest BCUT2D eigenvalue weighted by Crippen LogP contribution is 1.80. The third-order valence-corrected chi connectivity index (χ3v) is 1.15. The predicted molar refractivity (Wildman–Crippen MR) is 39.3 cm³/mol. The van der Waals surface area contributed by atoms with Gasteiger partial charge in [-0.05, 0) is 5.46 Å². The monoisotopic (exact) mass is 135 g/mol. The molecule has 0 atom stereocenters. The lowest BCUT2D eigenvalue weighted by Gasteiger charge is -1.99. The molecule has 0 saturated carbocycles. The van der Waals surface area contributed by atoms with Crippen LogP contribution in [0.15, 0.2) is 11.0 Å². The molecule has 1 rings (SSSR count). The highest BCUT2D eigenvalue weighted by atomic mass is 16.1. The Morgan fingerprint density at radius 2 is 2.40 bits per heavy atom. The van der Waals surface area contributed by atoms with Crippen molar-refractivity contribution in [1.82, 2.24) is 9.55 Å². The van der Waals surface area contributed by atoms with Gasteiger partial charge in [-0.1, -0.05) is 0 Å². The second-order valence-electron chi connectivity index (χ2n) is 1.97. The van der Waals surface area contributed by atoms with E-state index < -0.39 is 5.69 Å². The minimum atomic E-state index is -0.397. The Bertz CT molecular complexity index is 306. The van der Waals surface area contributed by atoms with Gasteiger partial charge in [0.15, 0.2) is 0 Å². The minimum absolute atomic E-state index is 0.0862. The molecule has 4 nitrogen and oxygen atoms in total. The molecule has 0 saturated heterocycles. The van der Waals surface area contributed by atoms with Gasteiger partial charge < -0.3 is 10.3 Å². The molecule has 0 aromatic carbocycles. The first-order chi connectivity index (χ1) is 4.61. The summed E-state index contributed by atoms with van der Waals surface area (Å²) in [5, 5.41) is 0. The van der Waals surface area contributed by atoms with Crippen molar-refractivity contribution in [2.24, 2.45) is 7.05 Å². The molecule has 0 amide bonds. The van der Waals surface area contributed by atoms with Crippen molar-refractivity contribution in [2.75, 3.05) is 5.73 Å². The number of aryl methyl sites for hydroxylation is 1.